The lowest BCUT2D eigenvalue weighted by molar-refractivity contribution is 0.313. The molecule has 0 N–H and O–H groups in total. The van der Waals surface area contributed by atoms with Gasteiger partial charge in [-0.15, -0.1) is 11.3 Å². The van der Waals surface area contributed by atoms with Crippen LogP contribution in [-0.2, 0) is 13.0 Å². The van der Waals surface area contributed by atoms with E-state index in [9.17, 15) is 0 Å². The molecule has 1 saturated heterocycles. The van der Waals surface area contributed by atoms with E-state index in [1.807, 2.05) is 24.0 Å². The van der Waals surface area contributed by atoms with E-state index < -0.39 is 0 Å². The van der Waals surface area contributed by atoms with Gasteiger partial charge in [0.2, 0.25) is 0 Å². The SMILES string of the molecule is c1cncc(CC2CCN(Cc3cscn3)C2)c1. The molecule has 3 heterocycles. The Hall–Kier alpha value is -1.26. The van der Waals surface area contributed by atoms with E-state index in [0.29, 0.717) is 0 Å². The molecule has 18 heavy (non-hydrogen) atoms. The molecule has 2 aromatic rings. The lowest BCUT2D eigenvalue weighted by atomic mass is 10.0. The largest absolute Gasteiger partial charge is 0.297 e. The molecule has 1 atom stereocenters. The van der Waals surface area contributed by atoms with E-state index in [2.05, 4.69) is 26.3 Å². The Balaban J connectivity index is 1.52. The fourth-order valence-electron chi connectivity index (χ4n) is 2.62. The quantitative estimate of drug-likeness (QED) is 0.845. The van der Waals surface area contributed by atoms with Crippen LogP contribution in [0.15, 0.2) is 35.4 Å². The number of pyridine rings is 1. The van der Waals surface area contributed by atoms with Crippen LogP contribution in [0.5, 0.6) is 0 Å². The van der Waals surface area contributed by atoms with Gasteiger partial charge in [-0.25, -0.2) is 4.98 Å². The fraction of sp³-hybridized carbons (Fsp3) is 0.429. The van der Waals surface area contributed by atoms with E-state index in [1.165, 1.54) is 30.8 Å². The molecule has 94 valence electrons. The lowest BCUT2D eigenvalue weighted by Crippen LogP contribution is -2.20. The maximum Gasteiger partial charge on any atom is 0.0795 e. The first-order chi connectivity index (χ1) is 8.90. The Kier molecular flexibility index (Phi) is 3.67. The highest BCUT2D eigenvalue weighted by atomic mass is 32.1. The third-order valence-corrected chi connectivity index (χ3v) is 4.12. The van der Waals surface area contributed by atoms with Gasteiger partial charge < -0.3 is 0 Å². The zero-order chi connectivity index (χ0) is 12.2. The van der Waals surface area contributed by atoms with Gasteiger partial charge >= 0.3 is 0 Å². The summed E-state index contributed by atoms with van der Waals surface area (Å²) in [5.74, 6) is 0.771. The first-order valence-electron chi connectivity index (χ1n) is 6.38. The summed E-state index contributed by atoms with van der Waals surface area (Å²) in [7, 11) is 0. The zero-order valence-corrected chi connectivity index (χ0v) is 11.1. The standard InChI is InChI=1S/C14H17N3S/c1-2-12(7-15-4-1)6-13-3-5-17(8-13)9-14-10-18-11-16-14/h1-2,4,7,10-11,13H,3,5-6,8-9H2. The Bertz CT molecular complexity index is 469. The van der Waals surface area contributed by atoms with Crippen molar-refractivity contribution in [2.24, 2.45) is 5.92 Å². The second-order valence-electron chi connectivity index (χ2n) is 4.93. The van der Waals surface area contributed by atoms with Crippen LogP contribution in [0.2, 0.25) is 0 Å². The van der Waals surface area contributed by atoms with Gasteiger partial charge in [-0.2, -0.15) is 0 Å². The summed E-state index contributed by atoms with van der Waals surface area (Å²) < 4.78 is 0. The second kappa shape index (κ2) is 5.59. The molecule has 2 aromatic heterocycles. The molecular formula is C14H17N3S. The van der Waals surface area contributed by atoms with Crippen molar-refractivity contribution in [3.63, 3.8) is 0 Å². The molecule has 0 aliphatic carbocycles. The van der Waals surface area contributed by atoms with Gasteiger partial charge in [0, 0.05) is 30.9 Å². The summed E-state index contributed by atoms with van der Waals surface area (Å²) in [6.45, 7) is 3.39. The third kappa shape index (κ3) is 2.94. The minimum Gasteiger partial charge on any atom is -0.297 e. The highest BCUT2D eigenvalue weighted by Gasteiger charge is 2.22. The van der Waals surface area contributed by atoms with Crippen molar-refractivity contribution < 1.29 is 0 Å². The molecule has 1 fully saturated rings. The Morgan fingerprint density at radius 1 is 1.44 bits per heavy atom. The summed E-state index contributed by atoms with van der Waals surface area (Å²) in [6, 6.07) is 4.20. The molecule has 0 aromatic carbocycles. The molecule has 0 saturated carbocycles. The molecule has 1 aliphatic heterocycles. The number of likely N-dealkylation sites (tertiary alicyclic amines) is 1. The number of hydrogen-bond donors (Lipinski definition) is 0. The summed E-state index contributed by atoms with van der Waals surface area (Å²) in [5.41, 5.74) is 4.48. The van der Waals surface area contributed by atoms with E-state index >= 15 is 0 Å². The second-order valence-corrected chi connectivity index (χ2v) is 5.65. The highest BCUT2D eigenvalue weighted by molar-refractivity contribution is 7.07. The summed E-state index contributed by atoms with van der Waals surface area (Å²) in [5, 5.41) is 2.15. The van der Waals surface area contributed by atoms with Gasteiger partial charge in [0.05, 0.1) is 11.2 Å². The van der Waals surface area contributed by atoms with E-state index in [-0.39, 0.29) is 0 Å². The van der Waals surface area contributed by atoms with Crippen molar-refractivity contribution in [3.8, 4) is 0 Å². The van der Waals surface area contributed by atoms with Gasteiger partial charge in [-0.1, -0.05) is 6.07 Å². The van der Waals surface area contributed by atoms with Crippen LogP contribution in [0.25, 0.3) is 0 Å². The van der Waals surface area contributed by atoms with Crippen LogP contribution in [0, 0.1) is 5.92 Å². The van der Waals surface area contributed by atoms with Crippen molar-refractivity contribution in [1.82, 2.24) is 14.9 Å². The molecule has 1 aliphatic rings. The first kappa shape index (κ1) is 11.8. The van der Waals surface area contributed by atoms with Gasteiger partial charge in [-0.3, -0.25) is 9.88 Å². The van der Waals surface area contributed by atoms with Crippen LogP contribution in [0.1, 0.15) is 17.7 Å². The van der Waals surface area contributed by atoms with Crippen LogP contribution in [-0.4, -0.2) is 28.0 Å². The maximum absolute atomic E-state index is 4.36. The van der Waals surface area contributed by atoms with Crippen LogP contribution in [0.4, 0.5) is 0 Å². The minimum absolute atomic E-state index is 0.771. The van der Waals surface area contributed by atoms with Gasteiger partial charge in [-0.05, 0) is 36.9 Å². The molecule has 1 unspecified atom stereocenters. The van der Waals surface area contributed by atoms with Gasteiger partial charge in [0.25, 0.3) is 0 Å². The van der Waals surface area contributed by atoms with E-state index in [1.54, 1.807) is 11.3 Å². The predicted molar refractivity (Wildman–Crippen MR) is 73.4 cm³/mol. The number of thiazole rings is 1. The Labute approximate surface area is 112 Å². The fourth-order valence-corrected chi connectivity index (χ4v) is 3.17. The van der Waals surface area contributed by atoms with Crippen molar-refractivity contribution in [3.05, 3.63) is 46.7 Å². The topological polar surface area (TPSA) is 29.0 Å². The summed E-state index contributed by atoms with van der Waals surface area (Å²) in [4.78, 5) is 11.0. The normalized spacial score (nSPS) is 20.3. The average Bonchev–Trinajstić information content (AvgIpc) is 3.03. The van der Waals surface area contributed by atoms with Crippen molar-refractivity contribution in [2.75, 3.05) is 13.1 Å². The molecule has 4 heteroatoms. The highest BCUT2D eigenvalue weighted by Crippen LogP contribution is 2.22. The molecule has 3 rings (SSSR count). The molecule has 0 radical (unpaired) electrons. The van der Waals surface area contributed by atoms with Gasteiger partial charge in [0.15, 0.2) is 0 Å². The minimum atomic E-state index is 0.771. The van der Waals surface area contributed by atoms with Crippen LogP contribution in [0.3, 0.4) is 0 Å². The van der Waals surface area contributed by atoms with Crippen LogP contribution >= 0.6 is 11.3 Å². The number of nitrogens with zero attached hydrogens (tertiary/aromatic N) is 3. The van der Waals surface area contributed by atoms with Gasteiger partial charge in [0.1, 0.15) is 0 Å². The predicted octanol–water partition coefficient (Wildman–Crippen LogP) is 2.60. The van der Waals surface area contributed by atoms with Crippen molar-refractivity contribution in [2.45, 2.75) is 19.4 Å². The Morgan fingerprint density at radius 2 is 2.44 bits per heavy atom. The maximum atomic E-state index is 4.36. The first-order valence-corrected chi connectivity index (χ1v) is 7.33. The Morgan fingerprint density at radius 3 is 3.22 bits per heavy atom. The van der Waals surface area contributed by atoms with E-state index in [0.717, 1.165) is 18.9 Å². The number of aromatic nitrogens is 2. The number of rotatable bonds is 4. The van der Waals surface area contributed by atoms with Crippen molar-refractivity contribution in [1.29, 1.82) is 0 Å². The van der Waals surface area contributed by atoms with Crippen LogP contribution < -0.4 is 0 Å². The lowest BCUT2D eigenvalue weighted by Gasteiger charge is -2.14. The molecule has 0 bridgehead atoms. The molecule has 3 nitrogen and oxygen atoms in total. The molecular weight excluding hydrogens is 242 g/mol. The molecule has 0 amide bonds. The van der Waals surface area contributed by atoms with Crippen molar-refractivity contribution >= 4 is 11.3 Å². The smallest absolute Gasteiger partial charge is 0.0795 e. The molecule has 0 spiro atoms. The monoisotopic (exact) mass is 259 g/mol. The summed E-state index contributed by atoms with van der Waals surface area (Å²) in [6.07, 6.45) is 6.27. The number of hydrogen-bond acceptors (Lipinski definition) is 4. The van der Waals surface area contributed by atoms with E-state index in [4.69, 9.17) is 0 Å². The summed E-state index contributed by atoms with van der Waals surface area (Å²) >= 11 is 1.68. The zero-order valence-electron chi connectivity index (χ0n) is 10.3. The third-order valence-electron chi connectivity index (χ3n) is 3.49. The average molecular weight is 259 g/mol.